The smallest absolute Gasteiger partial charge is 0.227 e. The number of carbonyl (C=O) groups is 1. The summed E-state index contributed by atoms with van der Waals surface area (Å²) in [5.74, 6) is 0.198. The van der Waals surface area contributed by atoms with Gasteiger partial charge in [-0.05, 0) is 73.5 Å². The molecule has 5 rings (SSSR count). The second-order valence-corrected chi connectivity index (χ2v) is 8.24. The molecule has 5 heteroatoms. The summed E-state index contributed by atoms with van der Waals surface area (Å²) in [6.07, 6.45) is 5.45. The van der Waals surface area contributed by atoms with E-state index in [4.69, 9.17) is 0 Å². The van der Waals surface area contributed by atoms with Crippen molar-refractivity contribution < 1.29 is 4.79 Å². The zero-order valence-corrected chi connectivity index (χ0v) is 17.4. The minimum Gasteiger partial charge on any atom is -0.355 e. The quantitative estimate of drug-likeness (QED) is 0.482. The van der Waals surface area contributed by atoms with E-state index in [2.05, 4.69) is 62.6 Å². The molecule has 1 saturated heterocycles. The van der Waals surface area contributed by atoms with Crippen molar-refractivity contribution in [3.63, 3.8) is 0 Å². The number of nitrogens with zero attached hydrogens (tertiary/aromatic N) is 2. The largest absolute Gasteiger partial charge is 0.355 e. The van der Waals surface area contributed by atoms with Gasteiger partial charge in [0.2, 0.25) is 5.91 Å². The molecule has 1 amide bonds. The maximum absolute atomic E-state index is 12.8. The first kappa shape index (κ1) is 19.5. The number of para-hydroxylation sites is 1. The molecule has 1 fully saturated rings. The van der Waals surface area contributed by atoms with Crippen LogP contribution in [0, 0.1) is 5.92 Å². The molecule has 0 saturated carbocycles. The minimum absolute atomic E-state index is 0.0714. The van der Waals surface area contributed by atoms with Gasteiger partial charge in [0.25, 0.3) is 0 Å². The highest BCUT2D eigenvalue weighted by Gasteiger charge is 2.25. The number of piperidine rings is 1. The van der Waals surface area contributed by atoms with Crippen molar-refractivity contribution in [2.75, 3.05) is 18.4 Å². The maximum Gasteiger partial charge on any atom is 0.227 e. The summed E-state index contributed by atoms with van der Waals surface area (Å²) in [4.78, 5) is 22.7. The van der Waals surface area contributed by atoms with Crippen LogP contribution >= 0.6 is 0 Å². The number of benzene rings is 2. The van der Waals surface area contributed by atoms with Crippen LogP contribution in [0.2, 0.25) is 0 Å². The van der Waals surface area contributed by atoms with Crippen molar-refractivity contribution >= 4 is 22.5 Å². The Morgan fingerprint density at radius 3 is 2.48 bits per heavy atom. The number of hydrogen-bond donors (Lipinski definition) is 2. The predicted molar refractivity (Wildman–Crippen MR) is 125 cm³/mol. The van der Waals surface area contributed by atoms with Crippen LogP contribution in [0.4, 0.5) is 5.69 Å². The van der Waals surface area contributed by atoms with Gasteiger partial charge in [-0.1, -0.05) is 30.3 Å². The molecule has 0 spiro atoms. The number of aromatic nitrogens is 2. The van der Waals surface area contributed by atoms with E-state index in [-0.39, 0.29) is 11.8 Å². The summed E-state index contributed by atoms with van der Waals surface area (Å²) in [5, 5.41) is 4.30. The van der Waals surface area contributed by atoms with Crippen LogP contribution in [-0.4, -0.2) is 33.9 Å². The first-order chi connectivity index (χ1) is 15.2. The summed E-state index contributed by atoms with van der Waals surface area (Å²) in [6, 6.07) is 22.6. The fraction of sp³-hybridized carbons (Fsp3) is 0.231. The molecule has 3 heterocycles. The van der Waals surface area contributed by atoms with Crippen LogP contribution in [0.25, 0.3) is 22.2 Å². The summed E-state index contributed by atoms with van der Waals surface area (Å²) in [5.41, 5.74) is 5.45. The Kier molecular flexibility index (Phi) is 5.50. The number of fused-ring (bicyclic) bond motifs is 1. The zero-order valence-electron chi connectivity index (χ0n) is 17.4. The normalized spacial score (nSPS) is 15.2. The van der Waals surface area contributed by atoms with Crippen molar-refractivity contribution in [1.29, 1.82) is 0 Å². The Labute approximate surface area is 182 Å². The standard InChI is InChI=1S/C26H26N4O/c31-26(21-11-15-30(16-12-21)18-19-9-13-27-14-10-19)28-23-7-5-20(6-8-23)25-17-22-3-1-2-4-24(22)29-25/h1-10,13-14,17,21,29H,11-12,15-16,18H2,(H,28,31). The molecule has 31 heavy (non-hydrogen) atoms. The summed E-state index contributed by atoms with van der Waals surface area (Å²) >= 11 is 0. The SMILES string of the molecule is O=C(Nc1ccc(-c2cc3ccccc3[nH]2)cc1)C1CCN(Cc2ccncc2)CC1. The average Bonchev–Trinajstić information content (AvgIpc) is 3.25. The second kappa shape index (κ2) is 8.74. The predicted octanol–water partition coefficient (Wildman–Crippen LogP) is 5.08. The fourth-order valence-corrected chi connectivity index (χ4v) is 4.31. The number of pyridine rings is 1. The Hall–Kier alpha value is -3.44. The number of carbonyl (C=O) groups excluding carboxylic acids is 1. The van der Waals surface area contributed by atoms with E-state index >= 15 is 0 Å². The van der Waals surface area contributed by atoms with E-state index in [1.807, 2.05) is 36.7 Å². The first-order valence-corrected chi connectivity index (χ1v) is 10.8. The van der Waals surface area contributed by atoms with Crippen LogP contribution < -0.4 is 5.32 Å². The third-order valence-corrected chi connectivity index (χ3v) is 6.11. The fourth-order valence-electron chi connectivity index (χ4n) is 4.31. The third kappa shape index (κ3) is 4.52. The highest BCUT2D eigenvalue weighted by atomic mass is 16.1. The summed E-state index contributed by atoms with van der Waals surface area (Å²) in [7, 11) is 0. The molecular weight excluding hydrogens is 384 g/mol. The lowest BCUT2D eigenvalue weighted by Gasteiger charge is -2.31. The molecule has 2 N–H and O–H groups in total. The second-order valence-electron chi connectivity index (χ2n) is 8.24. The lowest BCUT2D eigenvalue weighted by molar-refractivity contribution is -0.121. The van der Waals surface area contributed by atoms with Crippen molar-refractivity contribution in [3.05, 3.63) is 84.7 Å². The first-order valence-electron chi connectivity index (χ1n) is 10.8. The van der Waals surface area contributed by atoms with Crippen molar-refractivity contribution in [2.24, 2.45) is 5.92 Å². The number of aromatic amines is 1. The average molecular weight is 411 g/mol. The molecule has 0 aliphatic carbocycles. The van der Waals surface area contributed by atoms with Crippen LogP contribution in [-0.2, 0) is 11.3 Å². The number of rotatable bonds is 5. The van der Waals surface area contributed by atoms with Gasteiger partial charge in [-0.3, -0.25) is 14.7 Å². The van der Waals surface area contributed by atoms with Gasteiger partial charge in [-0.15, -0.1) is 0 Å². The van der Waals surface area contributed by atoms with E-state index in [0.29, 0.717) is 0 Å². The Morgan fingerprint density at radius 2 is 1.74 bits per heavy atom. The van der Waals surface area contributed by atoms with Crippen LogP contribution in [0.5, 0.6) is 0 Å². The molecule has 1 aliphatic rings. The van der Waals surface area contributed by atoms with Gasteiger partial charge >= 0.3 is 0 Å². The maximum atomic E-state index is 12.8. The van der Waals surface area contributed by atoms with Crippen LogP contribution in [0.3, 0.4) is 0 Å². The number of hydrogen-bond acceptors (Lipinski definition) is 3. The van der Waals surface area contributed by atoms with Crippen molar-refractivity contribution in [3.8, 4) is 11.3 Å². The van der Waals surface area contributed by atoms with Crippen LogP contribution in [0.1, 0.15) is 18.4 Å². The number of nitrogens with one attached hydrogen (secondary N) is 2. The van der Waals surface area contributed by atoms with Crippen molar-refractivity contribution in [1.82, 2.24) is 14.9 Å². The number of H-pyrrole nitrogens is 1. The Morgan fingerprint density at radius 1 is 1.00 bits per heavy atom. The van der Waals surface area contributed by atoms with Gasteiger partial charge in [0.15, 0.2) is 0 Å². The Bertz CT molecular complexity index is 1130. The molecule has 0 radical (unpaired) electrons. The molecule has 0 atom stereocenters. The van der Waals surface area contributed by atoms with Gasteiger partial charge in [0.1, 0.15) is 0 Å². The lowest BCUT2D eigenvalue weighted by Crippen LogP contribution is -2.37. The van der Waals surface area contributed by atoms with E-state index in [9.17, 15) is 4.79 Å². The molecule has 4 aromatic rings. The van der Waals surface area contributed by atoms with Gasteiger partial charge < -0.3 is 10.3 Å². The van der Waals surface area contributed by atoms with Gasteiger partial charge in [0.05, 0.1) is 0 Å². The third-order valence-electron chi connectivity index (χ3n) is 6.11. The molecule has 2 aromatic heterocycles. The molecule has 0 bridgehead atoms. The van der Waals surface area contributed by atoms with Crippen molar-refractivity contribution in [2.45, 2.75) is 19.4 Å². The van der Waals surface area contributed by atoms with Gasteiger partial charge in [0, 0.05) is 47.1 Å². The van der Waals surface area contributed by atoms with Crippen LogP contribution in [0.15, 0.2) is 79.1 Å². The number of likely N-dealkylation sites (tertiary alicyclic amines) is 1. The zero-order chi connectivity index (χ0) is 21.0. The number of amides is 1. The summed E-state index contributed by atoms with van der Waals surface area (Å²) in [6.45, 7) is 2.81. The highest BCUT2D eigenvalue weighted by molar-refractivity contribution is 5.93. The molecule has 2 aromatic carbocycles. The van der Waals surface area contributed by atoms with E-state index < -0.39 is 0 Å². The molecular formula is C26H26N4O. The molecule has 156 valence electrons. The Balaban J connectivity index is 1.16. The summed E-state index contributed by atoms with van der Waals surface area (Å²) < 4.78 is 0. The monoisotopic (exact) mass is 410 g/mol. The molecule has 1 aliphatic heterocycles. The van der Waals surface area contributed by atoms with Gasteiger partial charge in [-0.25, -0.2) is 0 Å². The highest BCUT2D eigenvalue weighted by Crippen LogP contribution is 2.26. The van der Waals surface area contributed by atoms with E-state index in [0.717, 1.165) is 54.9 Å². The number of anilines is 1. The van der Waals surface area contributed by atoms with E-state index in [1.165, 1.54) is 10.9 Å². The minimum atomic E-state index is 0.0714. The topological polar surface area (TPSA) is 61.0 Å². The lowest BCUT2D eigenvalue weighted by atomic mass is 9.95. The molecule has 5 nitrogen and oxygen atoms in total. The van der Waals surface area contributed by atoms with E-state index in [1.54, 1.807) is 0 Å². The van der Waals surface area contributed by atoms with Gasteiger partial charge in [-0.2, -0.15) is 0 Å². The molecule has 0 unspecified atom stereocenters.